The highest BCUT2D eigenvalue weighted by Crippen LogP contribution is 2.30. The van der Waals surface area contributed by atoms with E-state index in [4.69, 9.17) is 4.74 Å². The van der Waals surface area contributed by atoms with E-state index < -0.39 is 0 Å². The fraction of sp³-hybridized carbons (Fsp3) is 0.500. The van der Waals surface area contributed by atoms with Gasteiger partial charge >= 0.3 is 0 Å². The van der Waals surface area contributed by atoms with Gasteiger partial charge in [-0.3, -0.25) is 4.79 Å². The quantitative estimate of drug-likeness (QED) is 0.841. The second kappa shape index (κ2) is 6.14. The first-order chi connectivity index (χ1) is 8.74. The number of benzene rings is 1. The van der Waals surface area contributed by atoms with E-state index in [2.05, 4.69) is 6.07 Å². The molecule has 0 saturated carbocycles. The van der Waals surface area contributed by atoms with Crippen molar-refractivity contribution in [1.82, 2.24) is 4.90 Å². The molecule has 0 fully saturated rings. The second-order valence-electron chi connectivity index (χ2n) is 4.39. The number of hydrogen-bond acceptors (Lipinski definition) is 3. The second-order valence-corrected chi connectivity index (χ2v) is 5.52. The van der Waals surface area contributed by atoms with Gasteiger partial charge in [0.15, 0.2) is 0 Å². The molecule has 0 radical (unpaired) electrons. The predicted molar refractivity (Wildman–Crippen MR) is 74.0 cm³/mol. The van der Waals surface area contributed by atoms with E-state index in [1.54, 1.807) is 7.11 Å². The molecule has 1 aliphatic rings. The summed E-state index contributed by atoms with van der Waals surface area (Å²) in [5.74, 6) is 2.09. The van der Waals surface area contributed by atoms with E-state index >= 15 is 0 Å². The zero-order valence-electron chi connectivity index (χ0n) is 10.9. The summed E-state index contributed by atoms with van der Waals surface area (Å²) >= 11 is 1.82. The SMILES string of the molecule is CCCC(=O)N1CCSc2ccc(OC)cc2C1. The van der Waals surface area contributed by atoms with Gasteiger partial charge in [-0.15, -0.1) is 11.8 Å². The Morgan fingerprint density at radius 3 is 3.06 bits per heavy atom. The van der Waals surface area contributed by atoms with Crippen LogP contribution in [0.4, 0.5) is 0 Å². The van der Waals surface area contributed by atoms with E-state index in [-0.39, 0.29) is 5.91 Å². The van der Waals surface area contributed by atoms with Crippen molar-refractivity contribution < 1.29 is 9.53 Å². The van der Waals surface area contributed by atoms with Crippen molar-refractivity contribution in [3.8, 4) is 5.75 Å². The molecule has 98 valence electrons. The minimum Gasteiger partial charge on any atom is -0.497 e. The van der Waals surface area contributed by atoms with Gasteiger partial charge in [0.25, 0.3) is 0 Å². The first-order valence-electron chi connectivity index (χ1n) is 6.32. The molecule has 1 aliphatic heterocycles. The van der Waals surface area contributed by atoms with Crippen LogP contribution >= 0.6 is 11.8 Å². The van der Waals surface area contributed by atoms with E-state index in [9.17, 15) is 4.79 Å². The highest BCUT2D eigenvalue weighted by Gasteiger charge is 2.19. The maximum Gasteiger partial charge on any atom is 0.222 e. The molecule has 0 atom stereocenters. The Hall–Kier alpha value is -1.16. The van der Waals surface area contributed by atoms with Crippen molar-refractivity contribution in [3.63, 3.8) is 0 Å². The average molecular weight is 265 g/mol. The van der Waals surface area contributed by atoms with Crippen molar-refractivity contribution in [2.24, 2.45) is 0 Å². The van der Waals surface area contributed by atoms with Crippen molar-refractivity contribution >= 4 is 17.7 Å². The van der Waals surface area contributed by atoms with Crippen molar-refractivity contribution in [1.29, 1.82) is 0 Å². The molecule has 0 bridgehead atoms. The Morgan fingerprint density at radius 1 is 1.50 bits per heavy atom. The summed E-state index contributed by atoms with van der Waals surface area (Å²) in [6, 6.07) is 6.11. The lowest BCUT2D eigenvalue weighted by Crippen LogP contribution is -2.31. The van der Waals surface area contributed by atoms with Gasteiger partial charge in [0.2, 0.25) is 5.91 Å². The van der Waals surface area contributed by atoms with Gasteiger partial charge in [-0.25, -0.2) is 0 Å². The van der Waals surface area contributed by atoms with Crippen LogP contribution in [-0.2, 0) is 11.3 Å². The third kappa shape index (κ3) is 2.99. The van der Waals surface area contributed by atoms with Crippen LogP contribution in [0.1, 0.15) is 25.3 Å². The first kappa shape index (κ1) is 13.3. The zero-order chi connectivity index (χ0) is 13.0. The third-order valence-electron chi connectivity index (χ3n) is 3.06. The number of rotatable bonds is 3. The lowest BCUT2D eigenvalue weighted by molar-refractivity contribution is -0.131. The lowest BCUT2D eigenvalue weighted by atomic mass is 10.2. The number of carbonyl (C=O) groups is 1. The molecule has 18 heavy (non-hydrogen) atoms. The van der Waals surface area contributed by atoms with Crippen LogP contribution in [0, 0.1) is 0 Å². The monoisotopic (exact) mass is 265 g/mol. The molecule has 1 amide bonds. The molecule has 0 aliphatic carbocycles. The number of methoxy groups -OCH3 is 1. The Morgan fingerprint density at radius 2 is 2.33 bits per heavy atom. The summed E-state index contributed by atoms with van der Waals surface area (Å²) in [6.07, 6.45) is 1.55. The van der Waals surface area contributed by atoms with Crippen LogP contribution in [0.25, 0.3) is 0 Å². The summed E-state index contributed by atoms with van der Waals surface area (Å²) in [5, 5.41) is 0. The van der Waals surface area contributed by atoms with Crippen LogP contribution < -0.4 is 4.74 Å². The van der Waals surface area contributed by atoms with Crippen LogP contribution in [-0.4, -0.2) is 30.2 Å². The molecule has 3 nitrogen and oxygen atoms in total. The molecular formula is C14H19NO2S. The Balaban J connectivity index is 2.19. The molecule has 0 N–H and O–H groups in total. The van der Waals surface area contributed by atoms with Crippen LogP contribution in [0.3, 0.4) is 0 Å². The summed E-state index contributed by atoms with van der Waals surface area (Å²) < 4.78 is 5.25. The van der Waals surface area contributed by atoms with Gasteiger partial charge in [0.05, 0.1) is 7.11 Å². The number of hydrogen-bond donors (Lipinski definition) is 0. The highest BCUT2D eigenvalue weighted by molar-refractivity contribution is 7.99. The summed E-state index contributed by atoms with van der Waals surface area (Å²) in [7, 11) is 1.67. The third-order valence-corrected chi connectivity index (χ3v) is 4.16. The summed E-state index contributed by atoms with van der Waals surface area (Å²) in [5.41, 5.74) is 1.20. The molecule has 0 unspecified atom stereocenters. The van der Waals surface area contributed by atoms with Gasteiger partial charge in [-0.1, -0.05) is 6.92 Å². The van der Waals surface area contributed by atoms with Gasteiger partial charge in [0.1, 0.15) is 5.75 Å². The first-order valence-corrected chi connectivity index (χ1v) is 7.30. The minimum atomic E-state index is 0.258. The fourth-order valence-corrected chi connectivity index (χ4v) is 3.09. The van der Waals surface area contributed by atoms with Crippen molar-refractivity contribution in [3.05, 3.63) is 23.8 Å². The van der Waals surface area contributed by atoms with E-state index in [0.717, 1.165) is 24.5 Å². The molecule has 1 aromatic carbocycles. The molecular weight excluding hydrogens is 246 g/mol. The molecule has 0 spiro atoms. The molecule has 4 heteroatoms. The number of ether oxygens (including phenoxy) is 1. The smallest absolute Gasteiger partial charge is 0.222 e. The fourth-order valence-electron chi connectivity index (χ4n) is 2.08. The van der Waals surface area contributed by atoms with Crippen molar-refractivity contribution in [2.75, 3.05) is 19.4 Å². The number of amides is 1. The normalized spacial score (nSPS) is 14.9. The van der Waals surface area contributed by atoms with Gasteiger partial charge in [-0.05, 0) is 30.2 Å². The lowest BCUT2D eigenvalue weighted by Gasteiger charge is -2.20. The Bertz CT molecular complexity index is 434. The van der Waals surface area contributed by atoms with Gasteiger partial charge in [0, 0.05) is 30.2 Å². The Labute approximate surface area is 113 Å². The molecule has 2 rings (SSSR count). The average Bonchev–Trinajstić information content (AvgIpc) is 2.60. The number of nitrogens with zero attached hydrogens (tertiary/aromatic N) is 1. The Kier molecular flexibility index (Phi) is 4.53. The summed E-state index contributed by atoms with van der Waals surface area (Å²) in [4.78, 5) is 15.2. The van der Waals surface area contributed by atoms with Gasteiger partial charge in [-0.2, -0.15) is 0 Å². The van der Waals surface area contributed by atoms with Crippen molar-refractivity contribution in [2.45, 2.75) is 31.2 Å². The predicted octanol–water partition coefficient (Wildman–Crippen LogP) is 2.93. The van der Waals surface area contributed by atoms with Gasteiger partial charge < -0.3 is 9.64 Å². The topological polar surface area (TPSA) is 29.5 Å². The maximum atomic E-state index is 12.0. The number of carbonyl (C=O) groups excluding carboxylic acids is 1. The van der Waals surface area contributed by atoms with E-state index in [1.165, 1.54) is 10.5 Å². The maximum absolute atomic E-state index is 12.0. The molecule has 0 aromatic heterocycles. The summed E-state index contributed by atoms with van der Waals surface area (Å²) in [6.45, 7) is 3.58. The zero-order valence-corrected chi connectivity index (χ0v) is 11.8. The molecule has 1 heterocycles. The van der Waals surface area contributed by atoms with Crippen LogP contribution in [0.15, 0.2) is 23.1 Å². The minimum absolute atomic E-state index is 0.258. The van der Waals surface area contributed by atoms with E-state index in [1.807, 2.05) is 35.7 Å². The van der Waals surface area contributed by atoms with Crippen LogP contribution in [0.5, 0.6) is 5.75 Å². The largest absolute Gasteiger partial charge is 0.497 e. The number of fused-ring (bicyclic) bond motifs is 1. The van der Waals surface area contributed by atoms with Crippen LogP contribution in [0.2, 0.25) is 0 Å². The standard InChI is InChI=1S/C14H19NO2S/c1-3-4-14(16)15-7-8-18-13-6-5-12(17-2)9-11(13)10-15/h5-6,9H,3-4,7-8,10H2,1-2H3. The van der Waals surface area contributed by atoms with E-state index in [0.29, 0.717) is 13.0 Å². The molecule has 1 aromatic rings. The highest BCUT2D eigenvalue weighted by atomic mass is 32.2. The number of thioether (sulfide) groups is 1. The molecule has 0 saturated heterocycles.